The number of carbonyl (C=O) groups is 2. The zero-order chi connectivity index (χ0) is 24.4. The number of benzene rings is 2. The van der Waals surface area contributed by atoms with Crippen LogP contribution in [-0.2, 0) is 6.61 Å². The Labute approximate surface area is 204 Å². The number of nitrogens with one attached hydrogen (secondary N) is 2. The summed E-state index contributed by atoms with van der Waals surface area (Å²) in [5.74, 6) is 0.541. The molecular weight excluding hydrogens is 444 g/mol. The quantitative estimate of drug-likeness (QED) is 0.495. The summed E-state index contributed by atoms with van der Waals surface area (Å²) in [7, 11) is 1.62. The van der Waals surface area contributed by atoms with Crippen molar-refractivity contribution in [3.8, 4) is 5.75 Å². The van der Waals surface area contributed by atoms with E-state index in [0.717, 1.165) is 37.2 Å². The number of carbonyl (C=O) groups excluding carboxylic acids is 2. The first kappa shape index (κ1) is 23.0. The summed E-state index contributed by atoms with van der Waals surface area (Å²) >= 11 is 0. The monoisotopic (exact) mass is 474 g/mol. The predicted molar refractivity (Wildman–Crippen MR) is 130 cm³/mol. The van der Waals surface area contributed by atoms with Crippen molar-refractivity contribution in [3.63, 3.8) is 0 Å². The minimum atomic E-state index is -0.154. The van der Waals surface area contributed by atoms with E-state index in [1.807, 2.05) is 24.3 Å². The lowest BCUT2D eigenvalue weighted by Crippen LogP contribution is -2.59. The molecule has 1 atom stereocenters. The number of aromatic nitrogens is 3. The maximum absolute atomic E-state index is 12.4. The van der Waals surface area contributed by atoms with Gasteiger partial charge in [0.25, 0.3) is 11.8 Å². The normalized spacial score (nSPS) is 16.9. The average Bonchev–Trinajstić information content (AvgIpc) is 3.60. The van der Waals surface area contributed by atoms with E-state index in [-0.39, 0.29) is 23.9 Å². The third-order valence-electron chi connectivity index (χ3n) is 6.67. The maximum Gasteiger partial charge on any atom is 0.273 e. The fourth-order valence-electron chi connectivity index (χ4n) is 4.19. The molecule has 2 amide bonds. The molecule has 35 heavy (non-hydrogen) atoms. The molecule has 0 bridgehead atoms. The first-order chi connectivity index (χ1) is 17.0. The van der Waals surface area contributed by atoms with Gasteiger partial charge in [0.15, 0.2) is 5.69 Å². The van der Waals surface area contributed by atoms with Crippen molar-refractivity contribution in [3.05, 3.63) is 77.1 Å². The third-order valence-corrected chi connectivity index (χ3v) is 6.67. The minimum absolute atomic E-state index is 0.101. The van der Waals surface area contributed by atoms with Gasteiger partial charge in [-0.2, -0.15) is 0 Å². The van der Waals surface area contributed by atoms with Crippen molar-refractivity contribution in [2.75, 3.05) is 20.1 Å². The molecule has 0 spiro atoms. The number of hydrogen-bond acceptors (Lipinski definition) is 6. The molecule has 2 aromatic carbocycles. The molecule has 2 N–H and O–H groups in total. The second-order valence-corrected chi connectivity index (χ2v) is 9.25. The van der Waals surface area contributed by atoms with Gasteiger partial charge in [-0.05, 0) is 55.2 Å². The van der Waals surface area contributed by atoms with Crippen LogP contribution < -0.4 is 15.4 Å². The van der Waals surface area contributed by atoms with Crippen molar-refractivity contribution < 1.29 is 14.3 Å². The summed E-state index contributed by atoms with van der Waals surface area (Å²) < 4.78 is 7.70. The lowest BCUT2D eigenvalue weighted by atomic mass is 10.0. The SMILES string of the molecule is CNC(=O)c1ccc(COc2ccc(C(C)N3CC(NC(=O)c4cn(C5CC5)nn4)C3)cc2)cc1. The van der Waals surface area contributed by atoms with Crippen molar-refractivity contribution >= 4 is 11.8 Å². The Hall–Kier alpha value is -3.72. The van der Waals surface area contributed by atoms with E-state index in [9.17, 15) is 9.59 Å². The Balaban J connectivity index is 1.07. The maximum atomic E-state index is 12.4. The highest BCUT2D eigenvalue weighted by molar-refractivity contribution is 5.94. The van der Waals surface area contributed by atoms with Crippen LogP contribution >= 0.6 is 0 Å². The Morgan fingerprint density at radius 2 is 1.77 bits per heavy atom. The minimum Gasteiger partial charge on any atom is -0.489 e. The van der Waals surface area contributed by atoms with Gasteiger partial charge in [0.1, 0.15) is 12.4 Å². The number of likely N-dealkylation sites (tertiary alicyclic amines) is 1. The van der Waals surface area contributed by atoms with Gasteiger partial charge in [0.05, 0.1) is 18.3 Å². The van der Waals surface area contributed by atoms with E-state index in [1.165, 1.54) is 5.56 Å². The lowest BCUT2D eigenvalue weighted by Gasteiger charge is -2.43. The van der Waals surface area contributed by atoms with E-state index in [2.05, 4.69) is 44.9 Å². The molecule has 1 aromatic heterocycles. The molecule has 1 saturated heterocycles. The highest BCUT2D eigenvalue weighted by Gasteiger charge is 2.33. The highest BCUT2D eigenvalue weighted by atomic mass is 16.5. The Bertz CT molecular complexity index is 1180. The van der Waals surface area contributed by atoms with Crippen LogP contribution in [0.15, 0.2) is 54.7 Å². The van der Waals surface area contributed by atoms with Crippen molar-refractivity contribution in [2.24, 2.45) is 0 Å². The van der Waals surface area contributed by atoms with E-state index >= 15 is 0 Å². The van der Waals surface area contributed by atoms with E-state index < -0.39 is 0 Å². The largest absolute Gasteiger partial charge is 0.489 e. The van der Waals surface area contributed by atoms with Gasteiger partial charge in [-0.25, -0.2) is 4.68 Å². The molecule has 9 heteroatoms. The molecule has 1 unspecified atom stereocenters. The summed E-state index contributed by atoms with van der Waals surface area (Å²) in [5.41, 5.74) is 3.22. The zero-order valence-electron chi connectivity index (χ0n) is 20.0. The van der Waals surface area contributed by atoms with Crippen LogP contribution in [0.5, 0.6) is 5.75 Å². The fourth-order valence-corrected chi connectivity index (χ4v) is 4.19. The smallest absolute Gasteiger partial charge is 0.273 e. The van der Waals surface area contributed by atoms with Gasteiger partial charge in [-0.3, -0.25) is 14.5 Å². The number of ether oxygens (including phenoxy) is 1. The molecule has 5 rings (SSSR count). The molecule has 1 aliphatic heterocycles. The van der Waals surface area contributed by atoms with Crippen LogP contribution in [0.3, 0.4) is 0 Å². The standard InChI is InChI=1S/C26H30N6O3/c1-17(31-13-21(14-31)28-26(34)24-15-32(30-29-24)22-9-10-22)19-7-11-23(12-8-19)35-16-18-3-5-20(6-4-18)25(33)27-2/h3-8,11-12,15,17,21-22H,9-10,13-14,16H2,1-2H3,(H,27,33)(H,28,34). The molecule has 9 nitrogen and oxygen atoms in total. The van der Waals surface area contributed by atoms with Crippen LogP contribution in [0, 0.1) is 0 Å². The van der Waals surface area contributed by atoms with Gasteiger partial charge in [0, 0.05) is 31.7 Å². The number of hydrogen-bond donors (Lipinski definition) is 2. The molecule has 1 aliphatic carbocycles. The molecule has 0 radical (unpaired) electrons. The first-order valence-electron chi connectivity index (χ1n) is 12.0. The number of amides is 2. The highest BCUT2D eigenvalue weighted by Crippen LogP contribution is 2.33. The van der Waals surface area contributed by atoms with E-state index in [1.54, 1.807) is 30.1 Å². The zero-order valence-corrected chi connectivity index (χ0v) is 20.0. The van der Waals surface area contributed by atoms with Crippen molar-refractivity contribution in [1.82, 2.24) is 30.5 Å². The Morgan fingerprint density at radius 3 is 2.43 bits per heavy atom. The molecule has 2 fully saturated rings. The Morgan fingerprint density at radius 1 is 1.06 bits per heavy atom. The molecule has 3 aromatic rings. The topological polar surface area (TPSA) is 101 Å². The van der Waals surface area contributed by atoms with Gasteiger partial charge < -0.3 is 15.4 Å². The first-order valence-corrected chi connectivity index (χ1v) is 12.0. The average molecular weight is 475 g/mol. The molecular formula is C26H30N6O3. The van der Waals surface area contributed by atoms with Gasteiger partial charge in [0.2, 0.25) is 0 Å². The van der Waals surface area contributed by atoms with E-state index in [0.29, 0.717) is 23.9 Å². The van der Waals surface area contributed by atoms with Gasteiger partial charge in [-0.1, -0.05) is 29.5 Å². The Kier molecular flexibility index (Phi) is 6.50. The summed E-state index contributed by atoms with van der Waals surface area (Å²) in [6.45, 7) is 4.20. The van der Waals surface area contributed by atoms with Crippen LogP contribution in [0.4, 0.5) is 0 Å². The van der Waals surface area contributed by atoms with Crippen LogP contribution in [0.25, 0.3) is 0 Å². The molecule has 182 valence electrons. The predicted octanol–water partition coefficient (Wildman–Crippen LogP) is 2.73. The van der Waals surface area contributed by atoms with E-state index in [4.69, 9.17) is 4.74 Å². The van der Waals surface area contributed by atoms with Gasteiger partial charge in [-0.15, -0.1) is 5.10 Å². The lowest BCUT2D eigenvalue weighted by molar-refractivity contribution is 0.0672. The van der Waals surface area contributed by atoms with Crippen LogP contribution in [-0.4, -0.2) is 57.9 Å². The third kappa shape index (κ3) is 5.35. The number of rotatable bonds is 9. The fraction of sp³-hybridized carbons (Fsp3) is 0.385. The summed E-state index contributed by atoms with van der Waals surface area (Å²) in [6, 6.07) is 16.3. The molecule has 2 heterocycles. The van der Waals surface area contributed by atoms with Gasteiger partial charge >= 0.3 is 0 Å². The van der Waals surface area contributed by atoms with Crippen molar-refractivity contribution in [2.45, 2.75) is 44.5 Å². The van der Waals surface area contributed by atoms with Crippen molar-refractivity contribution in [1.29, 1.82) is 0 Å². The van der Waals surface area contributed by atoms with Crippen LogP contribution in [0.2, 0.25) is 0 Å². The summed E-state index contributed by atoms with van der Waals surface area (Å²) in [4.78, 5) is 26.4. The summed E-state index contributed by atoms with van der Waals surface area (Å²) in [5, 5.41) is 13.7. The molecule has 1 saturated carbocycles. The summed E-state index contributed by atoms with van der Waals surface area (Å²) in [6.07, 6.45) is 3.97. The molecule has 2 aliphatic rings. The second-order valence-electron chi connectivity index (χ2n) is 9.25. The number of nitrogens with zero attached hydrogens (tertiary/aromatic N) is 4. The second kappa shape index (κ2) is 9.87. The van der Waals surface area contributed by atoms with Crippen LogP contribution in [0.1, 0.15) is 63.8 Å².